The van der Waals surface area contributed by atoms with Crippen LogP contribution in [-0.2, 0) is 20.1 Å². The Morgan fingerprint density at radius 2 is 1.62 bits per heavy atom. The molecule has 6 rings (SSSR count). The average Bonchev–Trinajstić information content (AvgIpc) is 3.35. The van der Waals surface area contributed by atoms with Crippen molar-refractivity contribution in [3.05, 3.63) is 115 Å². The molecule has 40 heavy (non-hydrogen) atoms. The second kappa shape index (κ2) is 12.4. The quantitative estimate of drug-likeness (QED) is 0.135. The van der Waals surface area contributed by atoms with Crippen LogP contribution in [0.4, 0.5) is 0 Å². The van der Waals surface area contributed by atoms with E-state index in [4.69, 9.17) is 8.53 Å². The minimum atomic E-state index is -2.16. The Morgan fingerprint density at radius 1 is 0.825 bits per heavy atom. The molecule has 3 heterocycles. The van der Waals surface area contributed by atoms with Crippen LogP contribution in [0.2, 0.25) is 19.6 Å². The topological polar surface area (TPSA) is 38.9 Å². The van der Waals surface area contributed by atoms with Crippen molar-refractivity contribution in [1.29, 1.82) is 0 Å². The van der Waals surface area contributed by atoms with Crippen LogP contribution in [0, 0.1) is 19.0 Å². The van der Waals surface area contributed by atoms with E-state index in [0.29, 0.717) is 11.6 Å². The molecule has 0 fully saturated rings. The SMILES string of the molecule is CC(C)c1ccc(-c2[c-]cccc2)nc1.[2H]C([2H])([2H])c1ccc(-c2[c-]ccc3c2oc2ccc([Si](C)(C)C)cc23)nc1.[Ir]. The van der Waals surface area contributed by atoms with Crippen LogP contribution in [0.1, 0.15) is 35.0 Å². The largest absolute Gasteiger partial charge is 0.501 e. The van der Waals surface area contributed by atoms with Crippen LogP contribution >= 0.6 is 0 Å². The standard InChI is InChI=1S/C21H20NOSi.C14H14N.Ir/c1-14-8-10-19(22-13-14)17-7-5-6-16-18-12-15(24(2,3)4)9-11-20(18)23-21(16)17;1-11(2)13-8-9-14(15-10-13)12-6-4-3-5-7-12;/h5-6,8-13H,1-4H3;3-6,8-11H,1-2H3;/q2*-1;/i1D3;;. The van der Waals surface area contributed by atoms with Crippen molar-refractivity contribution in [2.45, 2.75) is 46.3 Å². The van der Waals surface area contributed by atoms with E-state index in [2.05, 4.69) is 79.9 Å². The predicted molar refractivity (Wildman–Crippen MR) is 166 cm³/mol. The van der Waals surface area contributed by atoms with E-state index < -0.39 is 14.9 Å². The molecule has 0 aliphatic heterocycles. The molecule has 0 saturated carbocycles. The molecule has 0 unspecified atom stereocenters. The second-order valence-corrected chi connectivity index (χ2v) is 16.1. The zero-order chi connectivity index (χ0) is 30.1. The number of aromatic nitrogens is 2. The van der Waals surface area contributed by atoms with Gasteiger partial charge in [0, 0.05) is 42.0 Å². The van der Waals surface area contributed by atoms with E-state index in [9.17, 15) is 0 Å². The maximum Gasteiger partial charge on any atom is 0.120 e. The van der Waals surface area contributed by atoms with Crippen LogP contribution in [-0.4, -0.2) is 18.0 Å². The molecular formula is C35H34IrN2OSi-2. The third kappa shape index (κ3) is 6.50. The molecule has 3 aromatic carbocycles. The summed E-state index contributed by atoms with van der Waals surface area (Å²) in [6, 6.07) is 32.1. The molecule has 3 nitrogen and oxygen atoms in total. The monoisotopic (exact) mass is 722 g/mol. The van der Waals surface area contributed by atoms with E-state index in [0.717, 1.165) is 38.8 Å². The molecule has 0 saturated heterocycles. The van der Waals surface area contributed by atoms with Crippen molar-refractivity contribution < 1.29 is 28.6 Å². The molecule has 0 amide bonds. The summed E-state index contributed by atoms with van der Waals surface area (Å²) in [5.41, 5.74) is 6.50. The Balaban J connectivity index is 0.000000225. The Labute approximate surface area is 256 Å². The number of nitrogens with zero attached hydrogens (tertiary/aromatic N) is 2. The molecular weight excluding hydrogens is 685 g/mol. The number of rotatable bonds is 4. The molecule has 205 valence electrons. The van der Waals surface area contributed by atoms with E-state index in [1.807, 2.05) is 48.7 Å². The summed E-state index contributed by atoms with van der Waals surface area (Å²) >= 11 is 0. The Hall–Kier alpha value is -3.37. The number of fused-ring (bicyclic) bond motifs is 3. The summed E-state index contributed by atoms with van der Waals surface area (Å²) in [5.74, 6) is 0.534. The van der Waals surface area contributed by atoms with Crippen LogP contribution in [0.25, 0.3) is 44.5 Å². The maximum atomic E-state index is 7.49. The molecule has 0 atom stereocenters. The zero-order valence-corrected chi connectivity index (χ0v) is 26.8. The van der Waals surface area contributed by atoms with Gasteiger partial charge in [0.05, 0.1) is 13.7 Å². The van der Waals surface area contributed by atoms with Crippen molar-refractivity contribution in [1.82, 2.24) is 9.97 Å². The molecule has 1 radical (unpaired) electrons. The van der Waals surface area contributed by atoms with E-state index >= 15 is 0 Å². The fourth-order valence-corrected chi connectivity index (χ4v) is 5.56. The van der Waals surface area contributed by atoms with E-state index in [1.54, 1.807) is 12.1 Å². The third-order valence-electron chi connectivity index (χ3n) is 6.75. The van der Waals surface area contributed by atoms with Crippen LogP contribution in [0.5, 0.6) is 0 Å². The summed E-state index contributed by atoms with van der Waals surface area (Å²) in [7, 11) is -1.43. The Morgan fingerprint density at radius 3 is 2.25 bits per heavy atom. The first-order valence-corrected chi connectivity index (χ1v) is 16.7. The summed E-state index contributed by atoms with van der Waals surface area (Å²) in [5, 5.41) is 3.51. The molecule has 0 spiro atoms. The molecule has 3 aromatic heterocycles. The normalized spacial score (nSPS) is 12.7. The number of hydrogen-bond donors (Lipinski definition) is 0. The molecule has 6 aromatic rings. The molecule has 0 N–H and O–H groups in total. The molecule has 0 aliphatic rings. The summed E-state index contributed by atoms with van der Waals surface area (Å²) in [6.45, 7) is 9.16. The van der Waals surface area contributed by atoms with Gasteiger partial charge in [-0.05, 0) is 41.4 Å². The van der Waals surface area contributed by atoms with E-state index in [1.165, 1.54) is 16.9 Å². The summed E-state index contributed by atoms with van der Waals surface area (Å²) in [4.78, 5) is 8.79. The first-order chi connectivity index (χ1) is 19.9. The van der Waals surface area contributed by atoms with Gasteiger partial charge in [-0.2, -0.15) is 0 Å². The fourth-order valence-electron chi connectivity index (χ4n) is 4.40. The van der Waals surface area contributed by atoms with Crippen molar-refractivity contribution in [3.63, 3.8) is 0 Å². The van der Waals surface area contributed by atoms with Crippen LogP contribution in [0.15, 0.2) is 95.7 Å². The molecule has 0 aliphatic carbocycles. The van der Waals surface area contributed by atoms with Crippen molar-refractivity contribution >= 4 is 35.2 Å². The van der Waals surface area contributed by atoms with Crippen molar-refractivity contribution in [2.24, 2.45) is 0 Å². The van der Waals surface area contributed by atoms with Gasteiger partial charge in [0.2, 0.25) is 0 Å². The van der Waals surface area contributed by atoms with E-state index in [-0.39, 0.29) is 25.7 Å². The van der Waals surface area contributed by atoms with Gasteiger partial charge in [-0.15, -0.1) is 54.1 Å². The number of furan rings is 1. The van der Waals surface area contributed by atoms with Crippen molar-refractivity contribution in [3.8, 4) is 22.5 Å². The first kappa shape index (κ1) is 25.6. The van der Waals surface area contributed by atoms with Gasteiger partial charge < -0.3 is 14.4 Å². The average molecular weight is 722 g/mol. The Bertz CT molecular complexity index is 1810. The smallest absolute Gasteiger partial charge is 0.120 e. The fraction of sp³-hybridized carbons (Fsp3) is 0.200. The van der Waals surface area contributed by atoms with Gasteiger partial charge in [0.15, 0.2) is 0 Å². The maximum absolute atomic E-state index is 7.49. The first-order valence-electron chi connectivity index (χ1n) is 14.7. The minimum absolute atomic E-state index is 0. The second-order valence-electron chi connectivity index (χ2n) is 11.0. The van der Waals surface area contributed by atoms with Gasteiger partial charge in [-0.1, -0.05) is 86.0 Å². The van der Waals surface area contributed by atoms with Gasteiger partial charge in [-0.25, -0.2) is 0 Å². The summed E-state index contributed by atoms with van der Waals surface area (Å²) in [6.07, 6.45) is 3.35. The minimum Gasteiger partial charge on any atom is -0.501 e. The number of pyridine rings is 2. The number of aryl methyl sites for hydroxylation is 1. The van der Waals surface area contributed by atoms with Gasteiger partial charge in [-0.3, -0.25) is 0 Å². The molecule has 0 bridgehead atoms. The van der Waals surface area contributed by atoms with Gasteiger partial charge in [0.25, 0.3) is 0 Å². The molecule has 5 heteroatoms. The predicted octanol–water partition coefficient (Wildman–Crippen LogP) is 8.97. The van der Waals surface area contributed by atoms with Crippen LogP contribution < -0.4 is 5.19 Å². The van der Waals surface area contributed by atoms with Gasteiger partial charge in [0.1, 0.15) is 5.58 Å². The van der Waals surface area contributed by atoms with Crippen molar-refractivity contribution in [2.75, 3.05) is 0 Å². The summed E-state index contributed by atoms with van der Waals surface area (Å²) < 4.78 is 28.6. The van der Waals surface area contributed by atoms with Crippen LogP contribution in [0.3, 0.4) is 0 Å². The Kier molecular flexibility index (Phi) is 7.95. The zero-order valence-electron chi connectivity index (χ0n) is 26.4. The number of benzene rings is 3. The number of hydrogen-bond acceptors (Lipinski definition) is 3. The third-order valence-corrected chi connectivity index (χ3v) is 8.80. The van der Waals surface area contributed by atoms with Gasteiger partial charge >= 0.3 is 0 Å².